The summed E-state index contributed by atoms with van der Waals surface area (Å²) in [7, 11) is 0. The van der Waals surface area contributed by atoms with E-state index in [1.165, 1.54) is 11.1 Å². The van der Waals surface area contributed by atoms with E-state index in [1.807, 2.05) is 35.8 Å². The minimum absolute atomic E-state index is 0.0480. The summed E-state index contributed by atoms with van der Waals surface area (Å²) < 4.78 is 3.75. The molecule has 0 unspecified atom stereocenters. The molecule has 2 aromatic carbocycles. The summed E-state index contributed by atoms with van der Waals surface area (Å²) in [6, 6.07) is 14.0. The largest absolute Gasteiger partial charge is 0.296 e. The van der Waals surface area contributed by atoms with Gasteiger partial charge in [0.05, 0.1) is 11.0 Å². The van der Waals surface area contributed by atoms with E-state index in [1.54, 1.807) is 4.57 Å². The number of para-hydroxylation sites is 2. The fourth-order valence-electron chi connectivity index (χ4n) is 4.12. The van der Waals surface area contributed by atoms with Crippen LogP contribution in [0.25, 0.3) is 38.9 Å². The Labute approximate surface area is 180 Å². The van der Waals surface area contributed by atoms with Gasteiger partial charge in [-0.15, -0.1) is 0 Å². The van der Waals surface area contributed by atoms with E-state index >= 15 is 0 Å². The molecule has 0 aliphatic carbocycles. The molecule has 0 fully saturated rings. The van der Waals surface area contributed by atoms with Crippen molar-refractivity contribution in [1.82, 2.24) is 24.1 Å². The molecule has 0 radical (unpaired) electrons. The van der Waals surface area contributed by atoms with Crippen molar-refractivity contribution in [3.05, 3.63) is 69.8 Å². The van der Waals surface area contributed by atoms with Gasteiger partial charge in [-0.1, -0.05) is 31.5 Å². The van der Waals surface area contributed by atoms with Crippen LogP contribution in [0.5, 0.6) is 0 Å². The maximum Gasteiger partial charge on any atom is 0.265 e. The summed E-state index contributed by atoms with van der Waals surface area (Å²) in [5.74, 6) is 0.711. The first-order chi connectivity index (χ1) is 15.0. The average Bonchev–Trinajstić information content (AvgIpc) is 3.06. The molecule has 3 aromatic heterocycles. The van der Waals surface area contributed by atoms with Gasteiger partial charge in [-0.3, -0.25) is 13.9 Å². The topological polar surface area (TPSA) is 65.6 Å². The van der Waals surface area contributed by atoms with E-state index in [-0.39, 0.29) is 5.56 Å². The van der Waals surface area contributed by atoms with Crippen molar-refractivity contribution < 1.29 is 0 Å². The molecule has 0 aliphatic heterocycles. The zero-order valence-electron chi connectivity index (χ0n) is 18.3. The smallest absolute Gasteiger partial charge is 0.265 e. The van der Waals surface area contributed by atoms with Gasteiger partial charge in [0.2, 0.25) is 0 Å². The summed E-state index contributed by atoms with van der Waals surface area (Å²) in [4.78, 5) is 28.3. The second-order valence-corrected chi connectivity index (χ2v) is 8.16. The van der Waals surface area contributed by atoms with Gasteiger partial charge in [0, 0.05) is 12.2 Å². The van der Waals surface area contributed by atoms with E-state index in [4.69, 9.17) is 15.0 Å². The molecule has 0 spiro atoms. The molecule has 0 atom stereocenters. The zero-order valence-corrected chi connectivity index (χ0v) is 18.3. The number of nitrogens with zero attached hydrogens (tertiary/aromatic N) is 5. The second kappa shape index (κ2) is 7.30. The molecule has 6 heteroatoms. The van der Waals surface area contributed by atoms with E-state index in [9.17, 15) is 4.79 Å². The third kappa shape index (κ3) is 3.02. The van der Waals surface area contributed by atoms with Crippen LogP contribution in [0.2, 0.25) is 0 Å². The predicted octanol–water partition coefficient (Wildman–Crippen LogP) is 5.01. The number of hydrogen-bond acceptors (Lipinski definition) is 4. The Bertz CT molecular complexity index is 1530. The highest BCUT2D eigenvalue weighted by Crippen LogP contribution is 2.29. The highest BCUT2D eigenvalue weighted by Gasteiger charge is 2.22. The van der Waals surface area contributed by atoms with E-state index in [0.29, 0.717) is 34.6 Å². The summed E-state index contributed by atoms with van der Waals surface area (Å²) in [5.41, 5.74) is 6.73. The minimum Gasteiger partial charge on any atom is -0.296 e. The van der Waals surface area contributed by atoms with Crippen molar-refractivity contribution >= 4 is 33.2 Å². The van der Waals surface area contributed by atoms with Crippen LogP contribution in [-0.4, -0.2) is 24.1 Å². The number of unbranched alkanes of at least 4 members (excludes halogenated alkanes) is 1. The van der Waals surface area contributed by atoms with Gasteiger partial charge in [0.25, 0.3) is 5.56 Å². The summed E-state index contributed by atoms with van der Waals surface area (Å²) in [6.45, 7) is 8.85. The number of fused-ring (bicyclic) bond motifs is 4. The molecule has 0 saturated carbocycles. The molecule has 0 bridgehead atoms. The van der Waals surface area contributed by atoms with Crippen LogP contribution in [0.15, 0.2) is 47.3 Å². The molecule has 156 valence electrons. The highest BCUT2D eigenvalue weighted by atomic mass is 16.1. The molecule has 0 N–H and O–H groups in total. The maximum absolute atomic E-state index is 13.6. The van der Waals surface area contributed by atoms with Gasteiger partial charge < -0.3 is 0 Å². The van der Waals surface area contributed by atoms with Gasteiger partial charge in [-0.25, -0.2) is 15.0 Å². The zero-order chi connectivity index (χ0) is 21.7. The normalized spacial score (nSPS) is 11.7. The van der Waals surface area contributed by atoms with E-state index in [2.05, 4.69) is 39.0 Å². The lowest BCUT2D eigenvalue weighted by atomic mass is 10.1. The van der Waals surface area contributed by atoms with Crippen molar-refractivity contribution in [2.45, 2.75) is 47.1 Å². The lowest BCUT2D eigenvalue weighted by molar-refractivity contribution is 0.591. The Balaban J connectivity index is 1.96. The Morgan fingerprint density at radius 2 is 1.61 bits per heavy atom. The number of rotatable bonds is 4. The summed E-state index contributed by atoms with van der Waals surface area (Å²) in [5, 5.41) is 0.535. The van der Waals surface area contributed by atoms with Crippen molar-refractivity contribution in [2.75, 3.05) is 0 Å². The lowest BCUT2D eigenvalue weighted by Gasteiger charge is -2.11. The van der Waals surface area contributed by atoms with Crippen LogP contribution >= 0.6 is 0 Å². The van der Waals surface area contributed by atoms with Crippen LogP contribution in [0.4, 0.5) is 0 Å². The van der Waals surface area contributed by atoms with Crippen molar-refractivity contribution in [1.29, 1.82) is 0 Å². The van der Waals surface area contributed by atoms with Crippen LogP contribution < -0.4 is 5.56 Å². The lowest BCUT2D eigenvalue weighted by Crippen LogP contribution is -2.24. The van der Waals surface area contributed by atoms with Gasteiger partial charge in [0.1, 0.15) is 16.7 Å². The van der Waals surface area contributed by atoms with E-state index < -0.39 is 0 Å². The summed E-state index contributed by atoms with van der Waals surface area (Å²) in [6.07, 6.45) is 1.94. The molecule has 3 heterocycles. The molecule has 0 saturated heterocycles. The fourth-order valence-corrected chi connectivity index (χ4v) is 4.12. The Hall–Kier alpha value is -3.54. The maximum atomic E-state index is 13.6. The van der Waals surface area contributed by atoms with Crippen LogP contribution in [0.1, 0.15) is 36.7 Å². The SMILES string of the molecule is CCCCn1c(C)nc2c(c1=O)c1nc3ccccc3nc1n2-c1ccc(C)c(C)c1. The van der Waals surface area contributed by atoms with Gasteiger partial charge in [-0.2, -0.15) is 0 Å². The second-order valence-electron chi connectivity index (χ2n) is 8.16. The van der Waals surface area contributed by atoms with Crippen LogP contribution in [0, 0.1) is 20.8 Å². The Kier molecular flexibility index (Phi) is 4.58. The fraction of sp³-hybridized carbons (Fsp3) is 0.280. The third-order valence-corrected chi connectivity index (χ3v) is 6.04. The first-order valence-electron chi connectivity index (χ1n) is 10.8. The highest BCUT2D eigenvalue weighted by molar-refractivity contribution is 6.05. The molecule has 5 aromatic rings. The molecule has 6 nitrogen and oxygen atoms in total. The number of benzene rings is 2. The van der Waals surface area contributed by atoms with Gasteiger partial charge >= 0.3 is 0 Å². The Morgan fingerprint density at radius 3 is 2.32 bits per heavy atom. The number of aromatic nitrogens is 5. The molecule has 0 aliphatic rings. The van der Waals surface area contributed by atoms with Gasteiger partial charge in [0.15, 0.2) is 11.3 Å². The van der Waals surface area contributed by atoms with Crippen molar-refractivity contribution in [3.63, 3.8) is 0 Å². The standard InChI is InChI=1S/C25H25N5O/c1-5-6-13-29-17(4)26-23-21(25(29)31)22-24(28-20-10-8-7-9-19(20)27-22)30(23)18-12-11-15(2)16(3)14-18/h7-12,14H,5-6,13H2,1-4H3. The molecule has 0 amide bonds. The van der Waals surface area contributed by atoms with Crippen molar-refractivity contribution in [2.24, 2.45) is 0 Å². The number of aryl methyl sites for hydroxylation is 3. The molecular formula is C25H25N5O. The van der Waals surface area contributed by atoms with Crippen LogP contribution in [-0.2, 0) is 6.54 Å². The monoisotopic (exact) mass is 411 g/mol. The molecule has 5 rings (SSSR count). The summed E-state index contributed by atoms with van der Waals surface area (Å²) >= 11 is 0. The first-order valence-corrected chi connectivity index (χ1v) is 10.8. The van der Waals surface area contributed by atoms with E-state index in [0.717, 1.165) is 29.6 Å². The van der Waals surface area contributed by atoms with Gasteiger partial charge in [-0.05, 0) is 62.6 Å². The average molecular weight is 412 g/mol. The quantitative estimate of drug-likeness (QED) is 0.417. The molecular weight excluding hydrogens is 386 g/mol. The third-order valence-electron chi connectivity index (χ3n) is 6.04. The van der Waals surface area contributed by atoms with Crippen LogP contribution in [0.3, 0.4) is 0 Å². The first kappa shape index (κ1) is 19.4. The predicted molar refractivity (Wildman–Crippen MR) is 125 cm³/mol. The van der Waals surface area contributed by atoms with Crippen molar-refractivity contribution in [3.8, 4) is 5.69 Å². The minimum atomic E-state index is -0.0480. The number of hydrogen-bond donors (Lipinski definition) is 0. The Morgan fingerprint density at radius 1 is 0.871 bits per heavy atom. The molecule has 31 heavy (non-hydrogen) atoms.